The van der Waals surface area contributed by atoms with E-state index in [1.165, 1.54) is 0 Å². The molecule has 0 saturated heterocycles. The number of benzene rings is 1. The third-order valence-electron chi connectivity index (χ3n) is 2.54. The molecule has 0 fully saturated rings. The zero-order chi connectivity index (χ0) is 13.0. The van der Waals surface area contributed by atoms with Crippen LogP contribution in [-0.2, 0) is 0 Å². The molecule has 0 saturated carbocycles. The largest absolute Gasteiger partial charge is 0.389 e. The molecule has 1 aromatic carbocycles. The molecule has 0 aliphatic heterocycles. The first-order valence-corrected chi connectivity index (χ1v) is 6.15. The van der Waals surface area contributed by atoms with E-state index in [9.17, 15) is 0 Å². The van der Waals surface area contributed by atoms with Crippen molar-refractivity contribution in [2.24, 2.45) is 5.73 Å². The van der Waals surface area contributed by atoms with Crippen LogP contribution in [0.1, 0.15) is 5.56 Å². The predicted octanol–water partition coefficient (Wildman–Crippen LogP) is 1.97. The van der Waals surface area contributed by atoms with Crippen LogP contribution < -0.4 is 10.6 Å². The SMILES string of the molecule is CN(C)CCN(C)c1ccc(C(N)=S)c(Cl)c1. The molecule has 0 aliphatic rings. The van der Waals surface area contributed by atoms with Crippen molar-refractivity contribution in [2.75, 3.05) is 39.1 Å². The van der Waals surface area contributed by atoms with Gasteiger partial charge in [-0.25, -0.2) is 0 Å². The number of thiocarbonyl (C=S) groups is 1. The van der Waals surface area contributed by atoms with Crippen LogP contribution in [0.2, 0.25) is 5.02 Å². The fourth-order valence-electron chi connectivity index (χ4n) is 1.42. The van der Waals surface area contributed by atoms with Gasteiger partial charge in [0.25, 0.3) is 0 Å². The number of nitrogens with two attached hydrogens (primary N) is 1. The van der Waals surface area contributed by atoms with Gasteiger partial charge >= 0.3 is 0 Å². The van der Waals surface area contributed by atoms with Gasteiger partial charge in [-0.05, 0) is 32.3 Å². The van der Waals surface area contributed by atoms with E-state index >= 15 is 0 Å². The molecule has 5 heteroatoms. The fraction of sp³-hybridized carbons (Fsp3) is 0.417. The first-order chi connectivity index (χ1) is 7.91. The van der Waals surface area contributed by atoms with Gasteiger partial charge in [-0.2, -0.15) is 0 Å². The van der Waals surface area contributed by atoms with Crippen molar-refractivity contribution < 1.29 is 0 Å². The van der Waals surface area contributed by atoms with Crippen LogP contribution in [0.25, 0.3) is 0 Å². The van der Waals surface area contributed by atoms with E-state index in [1.807, 2.05) is 25.2 Å². The van der Waals surface area contributed by atoms with Gasteiger partial charge in [0.15, 0.2) is 0 Å². The first kappa shape index (κ1) is 14.2. The van der Waals surface area contributed by atoms with Gasteiger partial charge in [0.1, 0.15) is 4.99 Å². The molecule has 0 spiro atoms. The average molecular weight is 272 g/mol. The number of nitrogens with zero attached hydrogens (tertiary/aromatic N) is 2. The van der Waals surface area contributed by atoms with Gasteiger partial charge in [0, 0.05) is 31.4 Å². The van der Waals surface area contributed by atoms with E-state index in [0.29, 0.717) is 10.0 Å². The molecule has 0 aliphatic carbocycles. The van der Waals surface area contributed by atoms with Crippen LogP contribution >= 0.6 is 23.8 Å². The standard InChI is InChI=1S/C12H18ClN3S/c1-15(2)6-7-16(3)9-4-5-10(12(14)17)11(13)8-9/h4-5,8H,6-7H2,1-3H3,(H2,14,17). The molecule has 17 heavy (non-hydrogen) atoms. The highest BCUT2D eigenvalue weighted by Crippen LogP contribution is 2.22. The van der Waals surface area contributed by atoms with Gasteiger partial charge in [0.05, 0.1) is 5.02 Å². The molecule has 0 aromatic heterocycles. The molecule has 1 rings (SSSR count). The Morgan fingerprint density at radius 2 is 1.94 bits per heavy atom. The zero-order valence-corrected chi connectivity index (χ0v) is 12.0. The summed E-state index contributed by atoms with van der Waals surface area (Å²) in [6.45, 7) is 1.93. The molecular formula is C12H18ClN3S. The highest BCUT2D eigenvalue weighted by Gasteiger charge is 2.07. The van der Waals surface area contributed by atoms with Crippen molar-refractivity contribution in [3.8, 4) is 0 Å². The summed E-state index contributed by atoms with van der Waals surface area (Å²) >= 11 is 11.0. The summed E-state index contributed by atoms with van der Waals surface area (Å²) in [6.07, 6.45) is 0. The number of rotatable bonds is 5. The molecule has 2 N–H and O–H groups in total. The summed E-state index contributed by atoms with van der Waals surface area (Å²) in [5.74, 6) is 0. The van der Waals surface area contributed by atoms with Gasteiger partial charge in [-0.15, -0.1) is 0 Å². The molecule has 0 heterocycles. The van der Waals surface area contributed by atoms with Crippen molar-refractivity contribution in [1.82, 2.24) is 4.90 Å². The lowest BCUT2D eigenvalue weighted by Crippen LogP contribution is -2.28. The van der Waals surface area contributed by atoms with E-state index in [2.05, 4.69) is 23.9 Å². The number of anilines is 1. The molecule has 94 valence electrons. The number of likely N-dealkylation sites (N-methyl/N-ethyl adjacent to an activating group) is 2. The molecular weight excluding hydrogens is 254 g/mol. The van der Waals surface area contributed by atoms with Crippen LogP contribution in [0.15, 0.2) is 18.2 Å². The van der Waals surface area contributed by atoms with Gasteiger partial charge in [-0.3, -0.25) is 0 Å². The Labute approximate surface area is 113 Å². The molecule has 0 atom stereocenters. The minimum atomic E-state index is 0.331. The normalized spacial score (nSPS) is 10.6. The maximum Gasteiger partial charge on any atom is 0.105 e. The van der Waals surface area contributed by atoms with Gasteiger partial charge in [0.2, 0.25) is 0 Å². The number of hydrogen-bond donors (Lipinski definition) is 1. The summed E-state index contributed by atoms with van der Waals surface area (Å²) in [6, 6.07) is 5.74. The van der Waals surface area contributed by atoms with Crippen LogP contribution in [0.4, 0.5) is 5.69 Å². The van der Waals surface area contributed by atoms with Crippen molar-refractivity contribution in [2.45, 2.75) is 0 Å². The Bertz CT molecular complexity index is 407. The number of hydrogen-bond acceptors (Lipinski definition) is 3. The monoisotopic (exact) mass is 271 g/mol. The summed E-state index contributed by atoms with van der Waals surface area (Å²) in [5, 5.41) is 0.603. The topological polar surface area (TPSA) is 32.5 Å². The van der Waals surface area contributed by atoms with E-state index in [-0.39, 0.29) is 0 Å². The van der Waals surface area contributed by atoms with Crippen LogP contribution in [0, 0.1) is 0 Å². The maximum absolute atomic E-state index is 6.13. The Balaban J connectivity index is 2.79. The average Bonchev–Trinajstić information content (AvgIpc) is 2.25. The lowest BCUT2D eigenvalue weighted by Gasteiger charge is -2.22. The minimum Gasteiger partial charge on any atom is -0.389 e. The van der Waals surface area contributed by atoms with Crippen molar-refractivity contribution in [3.05, 3.63) is 28.8 Å². The van der Waals surface area contributed by atoms with Gasteiger partial charge in [-0.1, -0.05) is 23.8 Å². The molecule has 0 amide bonds. The van der Waals surface area contributed by atoms with Crippen LogP contribution in [-0.4, -0.2) is 44.1 Å². The highest BCUT2D eigenvalue weighted by atomic mass is 35.5. The second-order valence-corrected chi connectivity index (χ2v) is 5.10. The highest BCUT2D eigenvalue weighted by molar-refractivity contribution is 7.80. The van der Waals surface area contributed by atoms with Crippen molar-refractivity contribution >= 4 is 34.5 Å². The molecule has 0 radical (unpaired) electrons. The van der Waals surface area contributed by atoms with Crippen LogP contribution in [0.3, 0.4) is 0 Å². The third-order valence-corrected chi connectivity index (χ3v) is 3.07. The van der Waals surface area contributed by atoms with Crippen molar-refractivity contribution in [1.29, 1.82) is 0 Å². The molecule has 0 bridgehead atoms. The predicted molar refractivity (Wildman–Crippen MR) is 79.2 cm³/mol. The van der Waals surface area contributed by atoms with E-state index in [0.717, 1.165) is 24.3 Å². The van der Waals surface area contributed by atoms with E-state index in [1.54, 1.807) is 0 Å². The molecule has 0 unspecified atom stereocenters. The summed E-state index contributed by atoms with van der Waals surface area (Å²) in [4.78, 5) is 4.62. The maximum atomic E-state index is 6.13. The summed E-state index contributed by atoms with van der Waals surface area (Å²) in [5.41, 5.74) is 7.36. The molecule has 1 aromatic rings. The third kappa shape index (κ3) is 4.15. The Kier molecular flexibility index (Phi) is 5.18. The van der Waals surface area contributed by atoms with Crippen LogP contribution in [0.5, 0.6) is 0 Å². The lowest BCUT2D eigenvalue weighted by atomic mass is 10.2. The van der Waals surface area contributed by atoms with E-state index in [4.69, 9.17) is 29.6 Å². The van der Waals surface area contributed by atoms with Crippen molar-refractivity contribution in [3.63, 3.8) is 0 Å². The Hall–Kier alpha value is -0.840. The Morgan fingerprint density at radius 1 is 1.29 bits per heavy atom. The first-order valence-electron chi connectivity index (χ1n) is 5.37. The smallest absolute Gasteiger partial charge is 0.105 e. The summed E-state index contributed by atoms with van der Waals surface area (Å²) < 4.78 is 0. The second-order valence-electron chi connectivity index (χ2n) is 4.25. The quantitative estimate of drug-likeness (QED) is 0.830. The van der Waals surface area contributed by atoms with Gasteiger partial charge < -0.3 is 15.5 Å². The number of halogens is 1. The summed E-state index contributed by atoms with van der Waals surface area (Å²) in [7, 11) is 6.14. The zero-order valence-electron chi connectivity index (χ0n) is 10.4. The lowest BCUT2D eigenvalue weighted by molar-refractivity contribution is 0.416. The second kappa shape index (κ2) is 6.19. The fourth-order valence-corrected chi connectivity index (χ4v) is 1.93. The molecule has 3 nitrogen and oxygen atoms in total. The van der Waals surface area contributed by atoms with E-state index < -0.39 is 0 Å². The minimum absolute atomic E-state index is 0.331. The Morgan fingerprint density at radius 3 is 2.41 bits per heavy atom.